The summed E-state index contributed by atoms with van der Waals surface area (Å²) in [5.41, 5.74) is 2.33. The van der Waals surface area contributed by atoms with Gasteiger partial charge in [0.15, 0.2) is 0 Å². The van der Waals surface area contributed by atoms with Crippen LogP contribution in [0.3, 0.4) is 0 Å². The van der Waals surface area contributed by atoms with Gasteiger partial charge >= 0.3 is 0 Å². The first-order valence-corrected chi connectivity index (χ1v) is 10.9. The molecule has 4 rings (SSSR count). The van der Waals surface area contributed by atoms with E-state index in [1.807, 2.05) is 6.92 Å². The summed E-state index contributed by atoms with van der Waals surface area (Å²) in [6.45, 7) is 4.34. The van der Waals surface area contributed by atoms with Gasteiger partial charge in [-0.3, -0.25) is 19.3 Å². The van der Waals surface area contributed by atoms with Crippen LogP contribution in [0, 0.1) is 18.3 Å². The number of fused-ring (bicyclic) bond motifs is 1. The minimum atomic E-state index is -0.425. The fourth-order valence-corrected chi connectivity index (χ4v) is 3.86. The average Bonchev–Trinajstić information content (AvgIpc) is 3.30. The highest BCUT2D eigenvalue weighted by atomic mass is 16.5. The second-order valence-corrected chi connectivity index (χ2v) is 7.76. The number of rotatable bonds is 8. The van der Waals surface area contributed by atoms with Crippen molar-refractivity contribution in [3.8, 4) is 11.8 Å². The first-order chi connectivity index (χ1) is 16.4. The summed E-state index contributed by atoms with van der Waals surface area (Å²) >= 11 is 0. The third-order valence-electron chi connectivity index (χ3n) is 5.39. The van der Waals surface area contributed by atoms with Crippen LogP contribution in [-0.4, -0.2) is 39.0 Å². The Balaban J connectivity index is 1.60. The fourth-order valence-electron chi connectivity index (χ4n) is 3.86. The van der Waals surface area contributed by atoms with Crippen LogP contribution in [0.5, 0.6) is 5.75 Å². The van der Waals surface area contributed by atoms with Gasteiger partial charge < -0.3 is 10.1 Å². The lowest BCUT2D eigenvalue weighted by molar-refractivity contribution is 0.0642. The summed E-state index contributed by atoms with van der Waals surface area (Å²) in [6.07, 6.45) is 0.254. The van der Waals surface area contributed by atoms with Crippen LogP contribution >= 0.6 is 0 Å². The second kappa shape index (κ2) is 9.58. The molecule has 0 atom stereocenters. The number of hydrogen-bond donors (Lipinski definition) is 1. The highest BCUT2D eigenvalue weighted by Gasteiger charge is 2.35. The van der Waals surface area contributed by atoms with Gasteiger partial charge in [0.05, 0.1) is 54.6 Å². The van der Waals surface area contributed by atoms with Gasteiger partial charge in [0.2, 0.25) is 0 Å². The van der Waals surface area contributed by atoms with E-state index >= 15 is 0 Å². The number of nitrogens with one attached hydrogen (secondary N) is 1. The first kappa shape index (κ1) is 22.7. The highest BCUT2D eigenvalue weighted by molar-refractivity contribution is 6.21. The van der Waals surface area contributed by atoms with Crippen molar-refractivity contribution < 1.29 is 19.1 Å². The van der Waals surface area contributed by atoms with E-state index in [1.165, 1.54) is 4.90 Å². The molecule has 9 heteroatoms. The Bertz CT molecular complexity index is 1290. The van der Waals surface area contributed by atoms with E-state index in [-0.39, 0.29) is 30.3 Å². The van der Waals surface area contributed by atoms with Gasteiger partial charge in [0.25, 0.3) is 17.7 Å². The molecule has 2 aromatic carbocycles. The third kappa shape index (κ3) is 4.38. The standard InChI is InChI=1S/C25H23N5O4/c1-3-34-21-10-9-17(15-29-24(32)18-7-4-5-8-19(18)25(29)33)14-20(21)23(31)27-22-13-16(2)28-30(22)12-6-11-26/h4-5,7-10,13-14H,3,6,12,15H2,1-2H3,(H,27,31). The van der Waals surface area contributed by atoms with Crippen molar-refractivity contribution in [2.75, 3.05) is 11.9 Å². The molecule has 0 saturated carbocycles. The Hall–Kier alpha value is -4.45. The highest BCUT2D eigenvalue weighted by Crippen LogP contribution is 2.27. The van der Waals surface area contributed by atoms with Gasteiger partial charge in [-0.05, 0) is 43.7 Å². The van der Waals surface area contributed by atoms with E-state index in [2.05, 4.69) is 16.5 Å². The number of aromatic nitrogens is 2. The van der Waals surface area contributed by atoms with Gasteiger partial charge in [0, 0.05) is 6.07 Å². The number of aryl methyl sites for hydroxylation is 2. The summed E-state index contributed by atoms with van der Waals surface area (Å²) in [5.74, 6) is -0.308. The largest absolute Gasteiger partial charge is 0.493 e. The van der Waals surface area contributed by atoms with Crippen LogP contribution in [0.2, 0.25) is 0 Å². The number of imide groups is 1. The molecule has 2 heterocycles. The molecule has 1 aliphatic heterocycles. The van der Waals surface area contributed by atoms with Gasteiger partial charge in [-0.25, -0.2) is 4.68 Å². The topological polar surface area (TPSA) is 117 Å². The Morgan fingerprint density at radius 2 is 1.82 bits per heavy atom. The molecule has 34 heavy (non-hydrogen) atoms. The minimum Gasteiger partial charge on any atom is -0.493 e. The molecule has 0 unspecified atom stereocenters. The Morgan fingerprint density at radius 1 is 1.12 bits per heavy atom. The lowest BCUT2D eigenvalue weighted by Gasteiger charge is -2.16. The number of hydrogen-bond acceptors (Lipinski definition) is 6. The second-order valence-electron chi connectivity index (χ2n) is 7.76. The van der Waals surface area contributed by atoms with E-state index in [4.69, 9.17) is 10.00 Å². The molecule has 172 valence electrons. The van der Waals surface area contributed by atoms with Crippen molar-refractivity contribution in [2.45, 2.75) is 33.4 Å². The van der Waals surface area contributed by atoms with Gasteiger partial charge in [-0.1, -0.05) is 18.2 Å². The number of carbonyl (C=O) groups excluding carboxylic acids is 3. The van der Waals surface area contributed by atoms with E-state index in [0.717, 1.165) is 0 Å². The van der Waals surface area contributed by atoms with Gasteiger partial charge in [-0.2, -0.15) is 10.4 Å². The molecule has 1 aromatic heterocycles. The molecule has 0 fully saturated rings. The quantitative estimate of drug-likeness (QED) is 0.517. The summed E-state index contributed by atoms with van der Waals surface area (Å²) in [5, 5.41) is 16.0. The summed E-state index contributed by atoms with van der Waals surface area (Å²) in [7, 11) is 0. The number of carbonyl (C=O) groups is 3. The molecule has 9 nitrogen and oxygen atoms in total. The van der Waals surface area contributed by atoms with Crippen LogP contribution in [0.15, 0.2) is 48.5 Å². The number of anilines is 1. The number of nitriles is 1. The smallest absolute Gasteiger partial charge is 0.261 e. The first-order valence-electron chi connectivity index (χ1n) is 10.9. The van der Waals surface area contributed by atoms with Crippen LogP contribution < -0.4 is 10.1 Å². The van der Waals surface area contributed by atoms with Crippen molar-refractivity contribution in [3.63, 3.8) is 0 Å². The lowest BCUT2D eigenvalue weighted by Crippen LogP contribution is -2.29. The minimum absolute atomic E-state index is 0.0260. The SMILES string of the molecule is CCOc1ccc(CN2C(=O)c3ccccc3C2=O)cc1C(=O)Nc1cc(C)nn1CCC#N. The fraction of sp³-hybridized carbons (Fsp3) is 0.240. The van der Waals surface area contributed by atoms with Gasteiger partial charge in [-0.15, -0.1) is 0 Å². The maximum absolute atomic E-state index is 13.2. The predicted molar refractivity (Wildman–Crippen MR) is 123 cm³/mol. The van der Waals surface area contributed by atoms with Crippen LogP contribution in [0.4, 0.5) is 5.82 Å². The zero-order valence-electron chi connectivity index (χ0n) is 18.9. The van der Waals surface area contributed by atoms with Gasteiger partial charge in [0.1, 0.15) is 11.6 Å². The van der Waals surface area contributed by atoms with Crippen molar-refractivity contribution in [1.82, 2.24) is 14.7 Å². The van der Waals surface area contributed by atoms with Crippen molar-refractivity contribution in [3.05, 3.63) is 76.5 Å². The van der Waals surface area contributed by atoms with E-state index in [1.54, 1.807) is 60.1 Å². The molecule has 1 aliphatic rings. The predicted octanol–water partition coefficient (Wildman–Crippen LogP) is 3.55. The van der Waals surface area contributed by atoms with Crippen LogP contribution in [-0.2, 0) is 13.1 Å². The number of amides is 3. The van der Waals surface area contributed by atoms with Crippen molar-refractivity contribution in [2.24, 2.45) is 0 Å². The third-order valence-corrected chi connectivity index (χ3v) is 5.39. The molecule has 0 radical (unpaired) electrons. The Kier molecular flexibility index (Phi) is 6.41. The molecule has 3 amide bonds. The summed E-state index contributed by atoms with van der Waals surface area (Å²) in [4.78, 5) is 39.8. The number of ether oxygens (including phenoxy) is 1. The van der Waals surface area contributed by atoms with Crippen LogP contribution in [0.1, 0.15) is 55.7 Å². The van der Waals surface area contributed by atoms with E-state index in [9.17, 15) is 14.4 Å². The molecular formula is C25H23N5O4. The molecule has 0 aliphatic carbocycles. The maximum Gasteiger partial charge on any atom is 0.261 e. The van der Waals surface area contributed by atoms with E-state index in [0.29, 0.717) is 47.1 Å². The molecule has 0 saturated heterocycles. The number of nitrogens with zero attached hydrogens (tertiary/aromatic N) is 4. The zero-order valence-corrected chi connectivity index (χ0v) is 18.9. The van der Waals surface area contributed by atoms with Crippen molar-refractivity contribution in [1.29, 1.82) is 5.26 Å². The maximum atomic E-state index is 13.2. The lowest BCUT2D eigenvalue weighted by atomic mass is 10.1. The van der Waals surface area contributed by atoms with Crippen LogP contribution in [0.25, 0.3) is 0 Å². The Labute approximate surface area is 196 Å². The molecular weight excluding hydrogens is 434 g/mol. The van der Waals surface area contributed by atoms with Crippen molar-refractivity contribution >= 4 is 23.5 Å². The number of benzene rings is 2. The summed E-state index contributed by atoms with van der Waals surface area (Å²) < 4.78 is 7.21. The molecule has 3 aromatic rings. The molecule has 0 spiro atoms. The molecule has 0 bridgehead atoms. The van der Waals surface area contributed by atoms with E-state index < -0.39 is 5.91 Å². The average molecular weight is 457 g/mol. The summed E-state index contributed by atoms with van der Waals surface area (Å²) in [6, 6.07) is 15.5. The zero-order chi connectivity index (χ0) is 24.2. The normalized spacial score (nSPS) is 12.4. The monoisotopic (exact) mass is 457 g/mol. The molecule has 1 N–H and O–H groups in total. The Morgan fingerprint density at radius 3 is 2.47 bits per heavy atom.